The zero-order valence-corrected chi connectivity index (χ0v) is 16.0. The molecule has 2 aromatic rings. The van der Waals surface area contributed by atoms with Gasteiger partial charge in [0.15, 0.2) is 5.41 Å². The Morgan fingerprint density at radius 1 is 1.11 bits per heavy atom. The largest absolute Gasteiger partial charge is 0.497 e. The number of benzene rings is 2. The van der Waals surface area contributed by atoms with Gasteiger partial charge in [-0.3, -0.25) is 14.9 Å². The van der Waals surface area contributed by atoms with Crippen molar-refractivity contribution in [3.63, 3.8) is 0 Å². The van der Waals surface area contributed by atoms with Crippen LogP contribution < -0.4 is 19.9 Å². The van der Waals surface area contributed by atoms with E-state index in [2.05, 4.69) is 5.32 Å². The van der Waals surface area contributed by atoms with Crippen LogP contribution in [0.5, 0.6) is 5.75 Å². The molecule has 2 heterocycles. The van der Waals surface area contributed by atoms with Gasteiger partial charge in [-0.25, -0.2) is 9.69 Å². The van der Waals surface area contributed by atoms with E-state index in [4.69, 9.17) is 4.74 Å². The van der Waals surface area contributed by atoms with Gasteiger partial charge in [0.2, 0.25) is 5.91 Å². The highest BCUT2D eigenvalue weighted by atomic mass is 16.5. The molecule has 2 aliphatic heterocycles. The summed E-state index contributed by atoms with van der Waals surface area (Å²) in [7, 11) is 3.36. The summed E-state index contributed by atoms with van der Waals surface area (Å²) in [5.74, 6) is -0.556. The van der Waals surface area contributed by atoms with Crippen LogP contribution in [0, 0.1) is 12.3 Å². The predicted octanol–water partition coefficient (Wildman–Crippen LogP) is 2.27. The summed E-state index contributed by atoms with van der Waals surface area (Å²) < 4.78 is 5.21. The molecule has 2 aromatic carbocycles. The van der Waals surface area contributed by atoms with Crippen molar-refractivity contribution in [2.24, 2.45) is 5.41 Å². The maximum Gasteiger partial charge on any atom is 0.335 e. The van der Waals surface area contributed by atoms with Crippen LogP contribution in [0.2, 0.25) is 0 Å². The van der Waals surface area contributed by atoms with Crippen molar-refractivity contribution in [3.8, 4) is 5.75 Å². The Morgan fingerprint density at radius 2 is 1.89 bits per heavy atom. The lowest BCUT2D eigenvalue weighted by atomic mass is 9.74. The number of aryl methyl sites for hydroxylation is 1. The van der Waals surface area contributed by atoms with E-state index >= 15 is 0 Å². The molecule has 0 aromatic heterocycles. The monoisotopic (exact) mass is 379 g/mol. The number of imide groups is 2. The number of hydrogen-bond donors (Lipinski definition) is 1. The van der Waals surface area contributed by atoms with Crippen LogP contribution in [0.4, 0.5) is 16.2 Å². The molecule has 2 aliphatic rings. The Hall–Kier alpha value is -3.35. The van der Waals surface area contributed by atoms with Crippen molar-refractivity contribution < 1.29 is 19.1 Å². The third-order valence-corrected chi connectivity index (χ3v) is 5.43. The average Bonchev–Trinajstić information content (AvgIpc) is 2.66. The Labute approximate surface area is 162 Å². The van der Waals surface area contributed by atoms with Gasteiger partial charge in [0, 0.05) is 25.3 Å². The molecule has 1 spiro atoms. The maximum absolute atomic E-state index is 13.5. The van der Waals surface area contributed by atoms with Crippen LogP contribution in [-0.2, 0) is 16.0 Å². The molecule has 0 unspecified atom stereocenters. The van der Waals surface area contributed by atoms with Gasteiger partial charge in [-0.15, -0.1) is 0 Å². The second-order valence-electron chi connectivity index (χ2n) is 7.35. The molecule has 0 radical (unpaired) electrons. The Bertz CT molecular complexity index is 1000. The first-order valence-electron chi connectivity index (χ1n) is 9.00. The zero-order valence-electron chi connectivity index (χ0n) is 16.0. The molecule has 1 fully saturated rings. The number of methoxy groups -OCH3 is 1. The minimum atomic E-state index is -1.37. The summed E-state index contributed by atoms with van der Waals surface area (Å²) in [4.78, 5) is 41.9. The molecule has 0 saturated carbocycles. The number of ether oxygens (including phenoxy) is 1. The van der Waals surface area contributed by atoms with Crippen LogP contribution >= 0.6 is 0 Å². The number of rotatable bonds is 2. The van der Waals surface area contributed by atoms with E-state index in [1.54, 1.807) is 24.3 Å². The second-order valence-corrected chi connectivity index (χ2v) is 7.35. The number of nitrogens with zero attached hydrogens (tertiary/aromatic N) is 2. The standard InChI is InChI=1S/C21H21N3O4/c1-13-7-8-17-14(9-13)11-21(12-23(17)2)18(25)22-20(27)24(19(21)26)15-5-4-6-16(10-15)28-3/h4-10H,11-12H2,1-3H3,(H,22,25,27)/t21-/m0/s1. The highest BCUT2D eigenvalue weighted by molar-refractivity contribution is 6.30. The maximum atomic E-state index is 13.5. The normalized spacial score (nSPS) is 21.6. The molecular formula is C21H21N3O4. The van der Waals surface area contributed by atoms with E-state index in [1.165, 1.54) is 7.11 Å². The summed E-state index contributed by atoms with van der Waals surface area (Å²) in [6.07, 6.45) is 0.243. The third-order valence-electron chi connectivity index (χ3n) is 5.43. The van der Waals surface area contributed by atoms with Crippen LogP contribution in [0.1, 0.15) is 11.1 Å². The number of amides is 4. The molecule has 1 saturated heterocycles. The number of carbonyl (C=O) groups excluding carboxylic acids is 3. The summed E-state index contributed by atoms with van der Waals surface area (Å²) in [5.41, 5.74) is 1.95. The molecule has 28 heavy (non-hydrogen) atoms. The fraction of sp³-hybridized carbons (Fsp3) is 0.286. The first-order valence-corrected chi connectivity index (χ1v) is 9.00. The molecule has 144 valence electrons. The SMILES string of the molecule is COc1cccc(N2C(=O)NC(=O)[C@@]3(Cc4cc(C)ccc4N(C)C3)C2=O)c1. The van der Waals surface area contributed by atoms with Gasteiger partial charge >= 0.3 is 6.03 Å². The minimum absolute atomic E-state index is 0.196. The smallest absolute Gasteiger partial charge is 0.335 e. The van der Waals surface area contributed by atoms with Gasteiger partial charge in [-0.2, -0.15) is 0 Å². The van der Waals surface area contributed by atoms with Gasteiger partial charge in [0.1, 0.15) is 5.75 Å². The number of barbiturate groups is 1. The highest BCUT2D eigenvalue weighted by Crippen LogP contribution is 2.40. The number of urea groups is 1. The van der Waals surface area contributed by atoms with Crippen molar-refractivity contribution in [1.29, 1.82) is 0 Å². The topological polar surface area (TPSA) is 79.0 Å². The molecular weight excluding hydrogens is 358 g/mol. The van der Waals surface area contributed by atoms with Crippen molar-refractivity contribution >= 4 is 29.2 Å². The average molecular weight is 379 g/mol. The zero-order chi connectivity index (χ0) is 20.1. The first-order chi connectivity index (χ1) is 13.4. The van der Waals surface area contributed by atoms with E-state index < -0.39 is 23.3 Å². The fourth-order valence-corrected chi connectivity index (χ4v) is 4.05. The molecule has 7 heteroatoms. The molecule has 4 amide bonds. The van der Waals surface area contributed by atoms with Gasteiger partial charge in [-0.1, -0.05) is 23.8 Å². The lowest BCUT2D eigenvalue weighted by molar-refractivity contribution is -0.142. The number of carbonyl (C=O) groups is 3. The minimum Gasteiger partial charge on any atom is -0.497 e. The number of fused-ring (bicyclic) bond motifs is 1. The van der Waals surface area contributed by atoms with E-state index in [0.29, 0.717) is 11.4 Å². The van der Waals surface area contributed by atoms with Crippen LogP contribution in [0.25, 0.3) is 0 Å². The number of nitrogens with one attached hydrogen (secondary N) is 1. The van der Waals surface area contributed by atoms with Gasteiger partial charge in [-0.05, 0) is 37.1 Å². The lowest BCUT2D eigenvalue weighted by Gasteiger charge is -2.45. The molecule has 1 atom stereocenters. The summed E-state index contributed by atoms with van der Waals surface area (Å²) in [6, 6.07) is 11.9. The van der Waals surface area contributed by atoms with Gasteiger partial charge in [0.05, 0.1) is 12.8 Å². The van der Waals surface area contributed by atoms with Crippen LogP contribution in [0.15, 0.2) is 42.5 Å². The molecule has 7 nitrogen and oxygen atoms in total. The fourth-order valence-electron chi connectivity index (χ4n) is 4.05. The van der Waals surface area contributed by atoms with Crippen molar-refractivity contribution in [2.75, 3.05) is 30.5 Å². The second kappa shape index (κ2) is 6.37. The Kier molecular flexibility index (Phi) is 4.10. The molecule has 4 rings (SSSR count). The highest BCUT2D eigenvalue weighted by Gasteiger charge is 2.56. The van der Waals surface area contributed by atoms with Crippen molar-refractivity contribution in [3.05, 3.63) is 53.6 Å². The lowest BCUT2D eigenvalue weighted by Crippen LogP contribution is -2.68. The number of anilines is 2. The summed E-state index contributed by atoms with van der Waals surface area (Å²) in [6.45, 7) is 2.16. The predicted molar refractivity (Wildman–Crippen MR) is 105 cm³/mol. The Morgan fingerprint density at radius 3 is 2.64 bits per heavy atom. The van der Waals surface area contributed by atoms with E-state index in [9.17, 15) is 14.4 Å². The molecule has 0 aliphatic carbocycles. The van der Waals surface area contributed by atoms with Crippen LogP contribution in [0.3, 0.4) is 0 Å². The van der Waals surface area contributed by atoms with Gasteiger partial charge < -0.3 is 9.64 Å². The van der Waals surface area contributed by atoms with E-state index in [0.717, 1.165) is 21.7 Å². The number of hydrogen-bond acceptors (Lipinski definition) is 5. The Balaban J connectivity index is 1.80. The molecule has 1 N–H and O–H groups in total. The van der Waals surface area contributed by atoms with Crippen LogP contribution in [-0.4, -0.2) is 38.5 Å². The molecule has 0 bridgehead atoms. The summed E-state index contributed by atoms with van der Waals surface area (Å²) in [5, 5.41) is 2.38. The quantitative estimate of drug-likeness (QED) is 0.810. The summed E-state index contributed by atoms with van der Waals surface area (Å²) >= 11 is 0. The van der Waals surface area contributed by atoms with Crippen molar-refractivity contribution in [1.82, 2.24) is 5.32 Å². The van der Waals surface area contributed by atoms with E-state index in [1.807, 2.05) is 37.1 Å². The third kappa shape index (κ3) is 2.62. The van der Waals surface area contributed by atoms with Gasteiger partial charge in [0.25, 0.3) is 5.91 Å². The van der Waals surface area contributed by atoms with Crippen molar-refractivity contribution in [2.45, 2.75) is 13.3 Å². The first kappa shape index (κ1) is 18.0. The van der Waals surface area contributed by atoms with E-state index in [-0.39, 0.29) is 13.0 Å².